The molecule has 1 amide bonds. The summed E-state index contributed by atoms with van der Waals surface area (Å²) in [5, 5.41) is 3.87. The van der Waals surface area contributed by atoms with E-state index in [1.165, 1.54) is 27.1 Å². The van der Waals surface area contributed by atoms with Gasteiger partial charge in [-0.2, -0.15) is 0 Å². The first-order valence-electron chi connectivity index (χ1n) is 9.69. The summed E-state index contributed by atoms with van der Waals surface area (Å²) in [6.45, 7) is 8.35. The monoisotopic (exact) mass is 423 g/mol. The van der Waals surface area contributed by atoms with Gasteiger partial charge in [0.2, 0.25) is 0 Å². The molecule has 0 fully saturated rings. The molecule has 0 saturated heterocycles. The van der Waals surface area contributed by atoms with E-state index in [-0.39, 0.29) is 11.9 Å². The largest absolute Gasteiger partial charge is 0.346 e. The smallest absolute Gasteiger partial charge is 0.251 e. The molecule has 0 aliphatic rings. The van der Waals surface area contributed by atoms with Crippen molar-refractivity contribution in [3.8, 4) is 0 Å². The first-order chi connectivity index (χ1) is 13.8. The summed E-state index contributed by atoms with van der Waals surface area (Å²) >= 11 is 7.68. The van der Waals surface area contributed by atoms with Gasteiger partial charge in [-0.1, -0.05) is 35.9 Å². The third kappa shape index (κ3) is 5.65. The van der Waals surface area contributed by atoms with Crippen molar-refractivity contribution in [3.05, 3.63) is 99.1 Å². The summed E-state index contributed by atoms with van der Waals surface area (Å²) in [4.78, 5) is 13.9. The number of carbonyl (C=O) groups is 1. The number of carbonyl (C=O) groups excluding carboxylic acids is 1. The van der Waals surface area contributed by atoms with E-state index >= 15 is 0 Å². The molecule has 29 heavy (non-hydrogen) atoms. The molecule has 0 radical (unpaired) electrons. The van der Waals surface area contributed by atoms with Gasteiger partial charge in [0.05, 0.1) is 6.04 Å². The summed E-state index contributed by atoms with van der Waals surface area (Å²) < 4.78 is 0. The van der Waals surface area contributed by atoms with Crippen LogP contribution in [0.3, 0.4) is 0 Å². The molecular formula is C25H26ClNOS. The summed E-state index contributed by atoms with van der Waals surface area (Å²) in [7, 11) is 0. The van der Waals surface area contributed by atoms with Gasteiger partial charge in [0.1, 0.15) is 0 Å². The fraction of sp³-hybridized carbons (Fsp3) is 0.240. The van der Waals surface area contributed by atoms with Crippen LogP contribution in [0.1, 0.15) is 51.1 Å². The van der Waals surface area contributed by atoms with Gasteiger partial charge in [-0.25, -0.2) is 0 Å². The lowest BCUT2D eigenvalue weighted by atomic mass is 9.96. The number of rotatable bonds is 6. The first kappa shape index (κ1) is 21.5. The molecule has 0 aliphatic heterocycles. The molecule has 0 spiro atoms. The van der Waals surface area contributed by atoms with Crippen molar-refractivity contribution in [2.45, 2.75) is 44.4 Å². The molecular weight excluding hydrogens is 398 g/mol. The minimum absolute atomic E-state index is 0.0399. The predicted molar refractivity (Wildman–Crippen MR) is 124 cm³/mol. The Kier molecular flexibility index (Phi) is 7.05. The van der Waals surface area contributed by atoms with Gasteiger partial charge < -0.3 is 5.32 Å². The Morgan fingerprint density at radius 2 is 1.55 bits per heavy atom. The zero-order valence-corrected chi connectivity index (χ0v) is 18.8. The molecule has 150 valence electrons. The lowest BCUT2D eigenvalue weighted by molar-refractivity contribution is 0.0940. The van der Waals surface area contributed by atoms with E-state index in [1.807, 2.05) is 55.5 Å². The average Bonchev–Trinajstić information content (AvgIpc) is 2.70. The van der Waals surface area contributed by atoms with Crippen molar-refractivity contribution in [2.75, 3.05) is 0 Å². The quantitative estimate of drug-likeness (QED) is 0.430. The van der Waals surface area contributed by atoms with Crippen LogP contribution >= 0.6 is 23.4 Å². The maximum atomic E-state index is 12.7. The fourth-order valence-electron chi connectivity index (χ4n) is 3.26. The van der Waals surface area contributed by atoms with E-state index < -0.39 is 0 Å². The first-order valence-corrected chi connectivity index (χ1v) is 11.1. The molecule has 0 aromatic heterocycles. The standard InChI is InChI=1S/C25H26ClNOS/c1-16-13-18(3)24(14-17(16)2)19(4)27-25(28)21-7-5-20(6-8-21)15-29-23-11-9-22(26)10-12-23/h5-14,19H,15H2,1-4H3,(H,27,28)/t19-/m0/s1. The van der Waals surface area contributed by atoms with Gasteiger partial charge in [0.25, 0.3) is 5.91 Å². The van der Waals surface area contributed by atoms with Gasteiger partial charge in [-0.05, 0) is 91.9 Å². The van der Waals surface area contributed by atoms with Crippen molar-refractivity contribution in [3.63, 3.8) is 0 Å². The van der Waals surface area contributed by atoms with Crippen molar-refractivity contribution in [2.24, 2.45) is 0 Å². The van der Waals surface area contributed by atoms with Gasteiger partial charge >= 0.3 is 0 Å². The second-order valence-electron chi connectivity index (χ2n) is 7.43. The number of hydrogen-bond donors (Lipinski definition) is 1. The zero-order valence-electron chi connectivity index (χ0n) is 17.3. The molecule has 0 bridgehead atoms. The van der Waals surface area contributed by atoms with E-state index in [2.05, 4.69) is 38.2 Å². The highest BCUT2D eigenvalue weighted by molar-refractivity contribution is 7.98. The SMILES string of the molecule is Cc1cc(C)c([C@H](C)NC(=O)c2ccc(CSc3ccc(Cl)cc3)cc2)cc1C. The third-order valence-electron chi connectivity index (χ3n) is 5.13. The molecule has 1 N–H and O–H groups in total. The van der Waals surface area contributed by atoms with E-state index in [4.69, 9.17) is 11.6 Å². The van der Waals surface area contributed by atoms with Crippen molar-refractivity contribution in [1.29, 1.82) is 0 Å². The van der Waals surface area contributed by atoms with Gasteiger partial charge in [-0.15, -0.1) is 11.8 Å². The highest BCUT2D eigenvalue weighted by atomic mass is 35.5. The maximum Gasteiger partial charge on any atom is 0.251 e. The number of thioether (sulfide) groups is 1. The molecule has 2 nitrogen and oxygen atoms in total. The topological polar surface area (TPSA) is 29.1 Å². The predicted octanol–water partition coefficient (Wildman–Crippen LogP) is 7.05. The summed E-state index contributed by atoms with van der Waals surface area (Å²) in [5.74, 6) is 0.800. The van der Waals surface area contributed by atoms with Crippen LogP contribution in [0.4, 0.5) is 0 Å². The Morgan fingerprint density at radius 3 is 2.21 bits per heavy atom. The molecule has 0 aliphatic carbocycles. The lowest BCUT2D eigenvalue weighted by Gasteiger charge is -2.18. The summed E-state index contributed by atoms with van der Waals surface area (Å²) in [6.07, 6.45) is 0. The van der Waals surface area contributed by atoms with Crippen LogP contribution in [0.5, 0.6) is 0 Å². The van der Waals surface area contributed by atoms with Crippen LogP contribution in [-0.2, 0) is 5.75 Å². The van der Waals surface area contributed by atoms with Crippen LogP contribution in [0.2, 0.25) is 5.02 Å². The van der Waals surface area contributed by atoms with Crippen LogP contribution in [-0.4, -0.2) is 5.91 Å². The highest BCUT2D eigenvalue weighted by Gasteiger charge is 2.14. The van der Waals surface area contributed by atoms with Crippen LogP contribution in [0, 0.1) is 20.8 Å². The average molecular weight is 424 g/mol. The van der Waals surface area contributed by atoms with Gasteiger partial charge in [0, 0.05) is 21.2 Å². The van der Waals surface area contributed by atoms with Crippen molar-refractivity contribution < 1.29 is 4.79 Å². The van der Waals surface area contributed by atoms with Gasteiger partial charge in [0.15, 0.2) is 0 Å². The minimum Gasteiger partial charge on any atom is -0.346 e. The molecule has 1 atom stereocenters. The Bertz CT molecular complexity index is 997. The normalized spacial score (nSPS) is 11.9. The Morgan fingerprint density at radius 1 is 0.931 bits per heavy atom. The molecule has 3 aromatic rings. The fourth-order valence-corrected chi connectivity index (χ4v) is 4.24. The van der Waals surface area contributed by atoms with E-state index in [1.54, 1.807) is 11.8 Å². The molecule has 4 heteroatoms. The van der Waals surface area contributed by atoms with Crippen molar-refractivity contribution >= 4 is 29.3 Å². The van der Waals surface area contributed by atoms with Gasteiger partial charge in [-0.3, -0.25) is 4.79 Å². The Labute approximate surface area is 182 Å². The van der Waals surface area contributed by atoms with Crippen molar-refractivity contribution in [1.82, 2.24) is 5.32 Å². The molecule has 0 heterocycles. The second-order valence-corrected chi connectivity index (χ2v) is 8.91. The van der Waals surface area contributed by atoms with Crippen LogP contribution < -0.4 is 5.32 Å². The minimum atomic E-state index is -0.0490. The number of nitrogens with one attached hydrogen (secondary N) is 1. The van der Waals surface area contributed by atoms with E-state index in [0.29, 0.717) is 5.56 Å². The number of aryl methyl sites for hydroxylation is 3. The molecule has 0 unspecified atom stereocenters. The second kappa shape index (κ2) is 9.51. The third-order valence-corrected chi connectivity index (χ3v) is 6.47. The zero-order chi connectivity index (χ0) is 21.0. The molecule has 3 aromatic carbocycles. The van der Waals surface area contributed by atoms with E-state index in [0.717, 1.165) is 16.3 Å². The number of amides is 1. The maximum absolute atomic E-state index is 12.7. The summed E-state index contributed by atoms with van der Waals surface area (Å²) in [5.41, 5.74) is 6.75. The molecule has 3 rings (SSSR count). The van der Waals surface area contributed by atoms with Crippen LogP contribution in [0.15, 0.2) is 65.6 Å². The van der Waals surface area contributed by atoms with Crippen LogP contribution in [0.25, 0.3) is 0 Å². The Balaban J connectivity index is 1.61. The number of halogens is 1. The number of benzene rings is 3. The summed E-state index contributed by atoms with van der Waals surface area (Å²) in [6, 6.07) is 20.0. The highest BCUT2D eigenvalue weighted by Crippen LogP contribution is 2.25. The molecule has 0 saturated carbocycles. The van der Waals surface area contributed by atoms with E-state index in [9.17, 15) is 4.79 Å². The Hall–Kier alpha value is -2.23. The lowest BCUT2D eigenvalue weighted by Crippen LogP contribution is -2.27. The number of hydrogen-bond acceptors (Lipinski definition) is 2.